The maximum atomic E-state index is 5.02. The Labute approximate surface area is 281 Å². The molecule has 0 bridgehead atoms. The van der Waals surface area contributed by atoms with Crippen molar-refractivity contribution in [1.82, 2.24) is 9.47 Å². The first kappa shape index (κ1) is 38.6. The zero-order valence-electron chi connectivity index (χ0n) is 30.8. The predicted molar refractivity (Wildman–Crippen MR) is 204 cm³/mol. The van der Waals surface area contributed by atoms with E-state index in [1.165, 1.54) is 60.4 Å². The van der Waals surface area contributed by atoms with Gasteiger partial charge in [0, 0.05) is 0 Å². The van der Waals surface area contributed by atoms with Gasteiger partial charge in [-0.1, -0.05) is 74.4 Å². The molecule has 3 rings (SSSR count). The van der Waals surface area contributed by atoms with Crippen molar-refractivity contribution in [2.75, 3.05) is 26.2 Å². The molecule has 0 spiro atoms. The van der Waals surface area contributed by atoms with E-state index in [1.54, 1.807) is 0 Å². The minimum atomic E-state index is -1.61. The van der Waals surface area contributed by atoms with Gasteiger partial charge in [-0.15, -0.1) is 9.24 Å². The van der Waals surface area contributed by atoms with Crippen molar-refractivity contribution < 1.29 is 0 Å². The van der Waals surface area contributed by atoms with Crippen LogP contribution in [0.3, 0.4) is 0 Å². The fourth-order valence-corrected chi connectivity index (χ4v) is 36.2. The first-order valence-electron chi connectivity index (χ1n) is 16.4. The summed E-state index contributed by atoms with van der Waals surface area (Å²) < 4.78 is 3.50. The number of benzene rings is 1. The Bertz CT molecular complexity index is 1080. The fourth-order valence-electron chi connectivity index (χ4n) is 7.65. The third kappa shape index (κ3) is 8.01. The molecule has 1 unspecified atom stereocenters. The molecule has 0 amide bonds. The quantitative estimate of drug-likeness (QED) is 0.227. The monoisotopic (exact) mass is 752 g/mol. The SMILES string of the molecule is CC(C)(C)c1cc(C(C)(C)C)c(P)c(C(C)(C)C)c1.C[Si](C)(C)[C]([Sn])([Si](C)(C)C)[Si](C)(C)N1CCCN2CCCN=C21. The van der Waals surface area contributed by atoms with Crippen LogP contribution in [0.25, 0.3) is 0 Å². The van der Waals surface area contributed by atoms with Gasteiger partial charge in [0.05, 0.1) is 0 Å². The molecule has 0 N–H and O–H groups in total. The molecule has 2 heterocycles. The summed E-state index contributed by atoms with van der Waals surface area (Å²) in [6.45, 7) is 46.6. The van der Waals surface area contributed by atoms with Gasteiger partial charge < -0.3 is 0 Å². The molecular formula is C34H67N3PSi3Sn. The van der Waals surface area contributed by atoms with Gasteiger partial charge in [-0.25, -0.2) is 0 Å². The van der Waals surface area contributed by atoms with E-state index in [2.05, 4.69) is 146 Å². The Morgan fingerprint density at radius 3 is 1.50 bits per heavy atom. The topological polar surface area (TPSA) is 18.8 Å². The molecule has 42 heavy (non-hydrogen) atoms. The number of hydrogen-bond donors (Lipinski definition) is 0. The molecule has 1 aromatic carbocycles. The minimum absolute atomic E-state index is 0.179. The number of fused-ring (bicyclic) bond motifs is 1. The average Bonchev–Trinajstić information content (AvgIpc) is 2.79. The van der Waals surface area contributed by atoms with Crippen molar-refractivity contribution in [2.24, 2.45) is 4.99 Å². The first-order valence-corrected chi connectivity index (χ1v) is 28.3. The van der Waals surface area contributed by atoms with Gasteiger partial charge >= 0.3 is 161 Å². The number of rotatable bonds is 4. The van der Waals surface area contributed by atoms with Gasteiger partial charge in [0.25, 0.3) is 0 Å². The summed E-state index contributed by atoms with van der Waals surface area (Å²) in [5, 5.41) is 1.38. The van der Waals surface area contributed by atoms with Crippen LogP contribution in [0.5, 0.6) is 0 Å². The van der Waals surface area contributed by atoms with Crippen molar-refractivity contribution in [3.63, 3.8) is 0 Å². The third-order valence-electron chi connectivity index (χ3n) is 9.68. The molecule has 0 aromatic heterocycles. The van der Waals surface area contributed by atoms with Crippen LogP contribution in [0, 0.1) is 0 Å². The number of hydrogen-bond acceptors (Lipinski definition) is 3. The summed E-state index contributed by atoms with van der Waals surface area (Å²) >= 11 is 1.82. The van der Waals surface area contributed by atoms with Crippen LogP contribution < -0.4 is 5.30 Å². The van der Waals surface area contributed by atoms with Crippen molar-refractivity contribution in [3.05, 3.63) is 28.8 Å². The van der Waals surface area contributed by atoms with Crippen LogP contribution in [0.15, 0.2) is 17.1 Å². The molecular weight excluding hydrogens is 684 g/mol. The van der Waals surface area contributed by atoms with Crippen molar-refractivity contribution in [1.29, 1.82) is 0 Å². The van der Waals surface area contributed by atoms with Crippen LogP contribution in [-0.2, 0) is 16.2 Å². The second kappa shape index (κ2) is 12.9. The molecule has 3 radical (unpaired) electrons. The van der Waals surface area contributed by atoms with Crippen LogP contribution in [0.2, 0.25) is 54.7 Å². The Morgan fingerprint density at radius 2 is 1.12 bits per heavy atom. The fraction of sp³-hybridized carbons (Fsp3) is 0.794. The molecule has 2 aliphatic rings. The van der Waals surface area contributed by atoms with E-state index in [0.29, 0.717) is 2.30 Å². The summed E-state index contributed by atoms with van der Waals surface area (Å²) in [5.74, 6) is 1.38. The van der Waals surface area contributed by atoms with Crippen LogP contribution in [0.4, 0.5) is 0 Å². The van der Waals surface area contributed by atoms with E-state index in [1.807, 2.05) is 22.5 Å². The molecule has 1 fully saturated rings. The zero-order valence-corrected chi connectivity index (χ0v) is 37.8. The molecule has 1 atom stereocenters. The van der Waals surface area contributed by atoms with Gasteiger partial charge in [-0.3, -0.25) is 0 Å². The van der Waals surface area contributed by atoms with E-state index in [9.17, 15) is 0 Å². The van der Waals surface area contributed by atoms with E-state index in [-0.39, 0.29) is 16.2 Å². The van der Waals surface area contributed by atoms with Gasteiger partial charge in [0.2, 0.25) is 0 Å². The Hall–Kier alpha value is 0.369. The van der Waals surface area contributed by atoms with Gasteiger partial charge in [-0.2, -0.15) is 0 Å². The van der Waals surface area contributed by atoms with Gasteiger partial charge in [0.15, 0.2) is 0 Å². The molecule has 239 valence electrons. The Kier molecular flexibility index (Phi) is 11.8. The summed E-state index contributed by atoms with van der Waals surface area (Å²) in [4.78, 5) is 7.61. The van der Waals surface area contributed by atoms with Crippen LogP contribution in [-0.4, -0.2) is 88.5 Å². The standard InChI is InChI=1S/C18H31P.C16H36N3Si3.Sn/c1-16(2,3)12-10-13(17(4,5)6)15(19)14(11-12)18(7,8)9;1-20(2,3)16(21(4,5)6)22(7,8)19-14-10-13-18-12-9-11-17-15(18)19;/h10-11H,19H2,1-9H3;9-14H2,1-8H3;. The van der Waals surface area contributed by atoms with Crippen molar-refractivity contribution in [2.45, 2.75) is 146 Å². The Morgan fingerprint density at radius 1 is 0.690 bits per heavy atom. The molecule has 0 saturated carbocycles. The van der Waals surface area contributed by atoms with Gasteiger partial charge in [-0.05, 0) is 38.2 Å². The third-order valence-corrected chi connectivity index (χ3v) is 49.2. The van der Waals surface area contributed by atoms with E-state index < -0.39 is 24.4 Å². The summed E-state index contributed by atoms with van der Waals surface area (Å²) in [6.07, 6.45) is 2.56. The summed E-state index contributed by atoms with van der Waals surface area (Å²) in [7, 11) is -1.18. The Balaban J connectivity index is 0.000000299. The average molecular weight is 752 g/mol. The molecule has 1 saturated heterocycles. The molecule has 0 aliphatic carbocycles. The second-order valence-electron chi connectivity index (χ2n) is 18.6. The predicted octanol–water partition coefficient (Wildman–Crippen LogP) is 8.66. The summed E-state index contributed by atoms with van der Waals surface area (Å²) in [5.41, 5.74) is 4.90. The van der Waals surface area contributed by atoms with E-state index in [0.717, 1.165) is 6.54 Å². The van der Waals surface area contributed by atoms with Crippen molar-refractivity contribution >= 4 is 67.4 Å². The van der Waals surface area contributed by atoms with Crippen LogP contribution in [0.1, 0.15) is 91.8 Å². The molecule has 3 nitrogen and oxygen atoms in total. The summed E-state index contributed by atoms with van der Waals surface area (Å²) in [6, 6.07) is 4.80. The normalized spacial score (nSPS) is 17.8. The molecule has 1 aromatic rings. The molecule has 2 aliphatic heterocycles. The van der Waals surface area contributed by atoms with E-state index >= 15 is 0 Å². The number of nitrogens with zero attached hydrogens (tertiary/aromatic N) is 3. The van der Waals surface area contributed by atoms with Gasteiger partial charge in [0.1, 0.15) is 0 Å². The first-order chi connectivity index (χ1) is 18.6. The molecule has 8 heteroatoms. The van der Waals surface area contributed by atoms with Crippen LogP contribution >= 0.6 is 9.24 Å². The zero-order chi connectivity index (χ0) is 32.9. The second-order valence-corrected chi connectivity index (χ2v) is 42.0. The van der Waals surface area contributed by atoms with E-state index in [4.69, 9.17) is 4.99 Å². The number of aliphatic imine (C=N–C) groups is 1. The number of guanidine groups is 1. The maximum absolute atomic E-state index is 5.02. The van der Waals surface area contributed by atoms with Crippen molar-refractivity contribution in [3.8, 4) is 0 Å².